The van der Waals surface area contributed by atoms with Crippen molar-refractivity contribution >= 4 is 21.8 Å². The maximum Gasteiger partial charge on any atom is 1.00 e. The summed E-state index contributed by atoms with van der Waals surface area (Å²) < 4.78 is 27.6. The molecule has 9 heteroatoms. The molecule has 2 aromatic rings. The largest absolute Gasteiger partial charge is 1.00 e. The van der Waals surface area contributed by atoms with Gasteiger partial charge in [-0.15, -0.1) is 0 Å². The number of rotatable bonds is 5. The molecule has 1 aliphatic heterocycles. The zero-order valence-corrected chi connectivity index (χ0v) is 17.7. The van der Waals surface area contributed by atoms with Crippen molar-refractivity contribution in [3.63, 3.8) is 0 Å². The van der Waals surface area contributed by atoms with Gasteiger partial charge in [-0.05, 0) is 23.3 Å². The third-order valence-corrected chi connectivity index (χ3v) is 4.90. The van der Waals surface area contributed by atoms with E-state index in [9.17, 15) is 18.3 Å². The van der Waals surface area contributed by atoms with Crippen LogP contribution in [0, 0.1) is 0 Å². The van der Waals surface area contributed by atoms with E-state index in [1.807, 2.05) is 30.3 Å². The van der Waals surface area contributed by atoms with E-state index in [2.05, 4.69) is 10.0 Å². The van der Waals surface area contributed by atoms with Gasteiger partial charge in [0.25, 0.3) is 0 Å². The topological polar surface area (TPSA) is 101 Å². The van der Waals surface area contributed by atoms with Gasteiger partial charge in [-0.25, -0.2) is 8.42 Å². The molecule has 25 heavy (non-hydrogen) atoms. The molecule has 2 aromatic carbocycles. The van der Waals surface area contributed by atoms with Gasteiger partial charge in [-0.1, -0.05) is 36.4 Å². The van der Waals surface area contributed by atoms with Crippen LogP contribution in [0.25, 0.3) is 4.72 Å². The minimum absolute atomic E-state index is 0. The van der Waals surface area contributed by atoms with Gasteiger partial charge in [0.05, 0.1) is 18.1 Å². The number of anilines is 1. The molecule has 2 N–H and O–H groups in total. The first kappa shape index (κ1) is 20.4. The Morgan fingerprint density at radius 1 is 1.08 bits per heavy atom. The number of phenols is 1. The molecule has 1 saturated heterocycles. The molecule has 1 fully saturated rings. The predicted octanol–water partition coefficient (Wildman–Crippen LogP) is -1.35. The number of carbonyl (C=O) groups is 1. The van der Waals surface area contributed by atoms with E-state index >= 15 is 0 Å². The third-order valence-electron chi connectivity index (χ3n) is 3.58. The quantitative estimate of drug-likeness (QED) is 0.620. The van der Waals surface area contributed by atoms with Crippen molar-refractivity contribution in [1.29, 1.82) is 0 Å². The van der Waals surface area contributed by atoms with E-state index in [-0.39, 0.29) is 62.8 Å². The fraction of sp³-hybridized carbons (Fsp3) is 0.188. The van der Waals surface area contributed by atoms with Crippen molar-refractivity contribution < 1.29 is 69.7 Å². The average molecular weight is 385 g/mol. The summed E-state index contributed by atoms with van der Waals surface area (Å²) in [4.78, 5) is 11.3. The van der Waals surface area contributed by atoms with Crippen LogP contribution in [0.2, 0.25) is 0 Å². The van der Waals surface area contributed by atoms with Crippen molar-refractivity contribution in [2.24, 2.45) is 0 Å². The first-order valence-corrected chi connectivity index (χ1v) is 8.70. The van der Waals surface area contributed by atoms with Crippen LogP contribution in [0.3, 0.4) is 0 Å². The van der Waals surface area contributed by atoms with Gasteiger partial charge in [-0.2, -0.15) is 0 Å². The van der Waals surface area contributed by atoms with Gasteiger partial charge in [0.1, 0.15) is 5.75 Å². The van der Waals surface area contributed by atoms with Gasteiger partial charge in [-0.3, -0.25) is 4.31 Å². The number of benzene rings is 2. The van der Waals surface area contributed by atoms with Crippen LogP contribution in [0.15, 0.2) is 48.5 Å². The van der Waals surface area contributed by atoms with Gasteiger partial charge in [0.15, 0.2) is 10.2 Å². The maximum absolute atomic E-state index is 11.8. The Hall–Kier alpha value is -0.944. The predicted molar refractivity (Wildman–Crippen MR) is 89.7 cm³/mol. The molecule has 7 nitrogen and oxygen atoms in total. The Morgan fingerprint density at radius 2 is 1.76 bits per heavy atom. The number of hydrogen-bond donors (Lipinski definition) is 2. The number of nitrogens with zero attached hydrogens (tertiary/aromatic N) is 2. The number of hydrogen-bond acceptors (Lipinski definition) is 5. The Kier molecular flexibility index (Phi) is 7.03. The number of nitrogens with one attached hydrogen (secondary N) is 1. The first-order valence-electron chi connectivity index (χ1n) is 7.31. The molecule has 0 saturated carbocycles. The van der Waals surface area contributed by atoms with Gasteiger partial charge < -0.3 is 19.9 Å². The molecule has 1 aliphatic rings. The van der Waals surface area contributed by atoms with E-state index in [0.29, 0.717) is 13.1 Å². The Bertz CT molecular complexity index is 859. The molecule has 0 unspecified atom stereocenters. The summed E-state index contributed by atoms with van der Waals surface area (Å²) in [6.07, 6.45) is 0. The van der Waals surface area contributed by atoms with E-state index in [1.54, 1.807) is 12.1 Å². The van der Waals surface area contributed by atoms with Crippen LogP contribution in [-0.2, 0) is 28.1 Å². The van der Waals surface area contributed by atoms with Crippen LogP contribution >= 0.6 is 0 Å². The smallest absolute Gasteiger partial charge is 0.526 e. The molecule has 1 heterocycles. The molecule has 1 amide bonds. The van der Waals surface area contributed by atoms with Gasteiger partial charge in [0, 0.05) is 13.1 Å². The second kappa shape index (κ2) is 8.63. The molecule has 0 aliphatic carbocycles. The standard InChI is InChI=1S/C16H17N3O4S.K/c20-15-7-6-13(10-17-9-12-4-2-1-3-5-12)8-14(15)19-11-16(21)18-24(19,22)23;/h1-8,17H,9-11H2,(H2,18,20,21);/q;+1/p-1. The number of phenolic OH excluding ortho intramolecular Hbond substituents is 1. The number of carbonyl (C=O) groups excluding carboxylic acids is 1. The number of amides is 1. The van der Waals surface area contributed by atoms with Crippen molar-refractivity contribution in [2.75, 3.05) is 10.8 Å². The Balaban J connectivity index is 0.00000225. The van der Waals surface area contributed by atoms with Crippen LogP contribution in [0.4, 0.5) is 5.69 Å². The van der Waals surface area contributed by atoms with E-state index < -0.39 is 22.7 Å². The minimum atomic E-state index is -4.06. The third kappa shape index (κ3) is 5.04. The van der Waals surface area contributed by atoms with Crippen LogP contribution in [0.5, 0.6) is 5.75 Å². The zero-order chi connectivity index (χ0) is 17.2. The fourth-order valence-electron chi connectivity index (χ4n) is 2.45. The molecule has 3 rings (SSSR count). The Labute approximate surface area is 189 Å². The van der Waals surface area contributed by atoms with E-state index in [4.69, 9.17) is 0 Å². The summed E-state index contributed by atoms with van der Waals surface area (Å²) in [5.41, 5.74) is 1.97. The summed E-state index contributed by atoms with van der Waals surface area (Å²) >= 11 is 0. The summed E-state index contributed by atoms with van der Waals surface area (Å²) in [6.45, 7) is 0.755. The molecule has 126 valence electrons. The monoisotopic (exact) mass is 385 g/mol. The number of aromatic hydroxyl groups is 1. The van der Waals surface area contributed by atoms with Crippen molar-refractivity contribution in [1.82, 2.24) is 5.32 Å². The molecular formula is C16H16KN3O4S. The molecule has 0 spiro atoms. The van der Waals surface area contributed by atoms with Crippen LogP contribution < -0.4 is 61.0 Å². The second-order valence-electron chi connectivity index (χ2n) is 5.38. The van der Waals surface area contributed by atoms with E-state index in [0.717, 1.165) is 15.4 Å². The average Bonchev–Trinajstić information content (AvgIpc) is 2.82. The fourth-order valence-corrected chi connectivity index (χ4v) is 3.53. The van der Waals surface area contributed by atoms with Gasteiger partial charge >= 0.3 is 51.4 Å². The van der Waals surface area contributed by atoms with Crippen molar-refractivity contribution in [3.8, 4) is 5.75 Å². The zero-order valence-electron chi connectivity index (χ0n) is 13.7. The SMILES string of the molecule is O=C1CN(c2cc(CNCc3ccccc3)ccc2O)S(=O)(=O)[N-]1.[K+]. The summed E-state index contributed by atoms with van der Waals surface area (Å²) in [5.74, 6) is -0.961. The van der Waals surface area contributed by atoms with Crippen molar-refractivity contribution in [2.45, 2.75) is 13.1 Å². The summed E-state index contributed by atoms with van der Waals surface area (Å²) in [7, 11) is -4.06. The summed E-state index contributed by atoms with van der Waals surface area (Å²) in [6, 6.07) is 14.5. The molecule has 0 bridgehead atoms. The normalized spacial score (nSPS) is 15.5. The van der Waals surface area contributed by atoms with Gasteiger partial charge in [0.2, 0.25) is 0 Å². The maximum atomic E-state index is 11.8. The second-order valence-corrected chi connectivity index (χ2v) is 6.90. The first-order chi connectivity index (χ1) is 11.5. The molecule has 0 aromatic heterocycles. The molecular weight excluding hydrogens is 369 g/mol. The van der Waals surface area contributed by atoms with Crippen LogP contribution in [-0.4, -0.2) is 26.0 Å². The van der Waals surface area contributed by atoms with Crippen LogP contribution in [0.1, 0.15) is 11.1 Å². The minimum Gasteiger partial charge on any atom is -0.526 e. The van der Waals surface area contributed by atoms with Crippen molar-refractivity contribution in [3.05, 3.63) is 64.4 Å². The van der Waals surface area contributed by atoms with E-state index in [1.165, 1.54) is 6.07 Å². The molecule has 0 atom stereocenters. The Morgan fingerprint density at radius 3 is 2.40 bits per heavy atom. The molecule has 0 radical (unpaired) electrons. The summed E-state index contributed by atoms with van der Waals surface area (Å²) in [5, 5.41) is 13.2.